The molecule has 0 aliphatic carbocycles. The second-order valence-corrected chi connectivity index (χ2v) is 4.97. The van der Waals surface area contributed by atoms with Crippen molar-refractivity contribution < 1.29 is 14.6 Å². The second kappa shape index (κ2) is 6.10. The number of rotatable bonds is 3. The molecule has 0 radical (unpaired) electrons. The van der Waals surface area contributed by atoms with E-state index in [4.69, 9.17) is 21.7 Å². The Hall–Kier alpha value is -1.49. The Bertz CT molecular complexity index is 445. The van der Waals surface area contributed by atoms with Crippen molar-refractivity contribution >= 4 is 17.2 Å². The fourth-order valence-electron chi connectivity index (χ4n) is 2.30. The molecule has 1 saturated heterocycles. The summed E-state index contributed by atoms with van der Waals surface area (Å²) in [6, 6.07) is 3.52. The highest BCUT2D eigenvalue weighted by molar-refractivity contribution is 7.80. The molecule has 1 heterocycles. The highest BCUT2D eigenvalue weighted by Crippen LogP contribution is 2.37. The number of piperidine rings is 1. The van der Waals surface area contributed by atoms with Gasteiger partial charge in [-0.05, 0) is 31.4 Å². The molecule has 0 saturated carbocycles. The molecular weight excluding hydrogens is 262 g/mol. The Morgan fingerprint density at radius 3 is 2.11 bits per heavy atom. The normalized spacial score (nSPS) is 15.2. The Morgan fingerprint density at radius 2 is 1.63 bits per heavy atom. The molecule has 2 rings (SSSR count). The van der Waals surface area contributed by atoms with E-state index in [0.717, 1.165) is 23.6 Å². The van der Waals surface area contributed by atoms with Crippen molar-refractivity contribution in [1.82, 2.24) is 4.90 Å². The van der Waals surface area contributed by atoms with Gasteiger partial charge < -0.3 is 19.5 Å². The topological polar surface area (TPSA) is 41.9 Å². The summed E-state index contributed by atoms with van der Waals surface area (Å²) in [5, 5.41) is 9.90. The number of likely N-dealkylation sites (tertiary alicyclic amines) is 1. The summed E-state index contributed by atoms with van der Waals surface area (Å²) >= 11 is 5.53. The lowest BCUT2D eigenvalue weighted by Gasteiger charge is -2.29. The number of ether oxygens (including phenoxy) is 2. The molecule has 1 N–H and O–H groups in total. The molecular formula is C14H19NO3S. The minimum Gasteiger partial charge on any atom is -0.502 e. The summed E-state index contributed by atoms with van der Waals surface area (Å²) in [6.07, 6.45) is 3.61. The molecule has 0 amide bonds. The first-order valence-corrected chi connectivity index (χ1v) is 6.82. The lowest BCUT2D eigenvalue weighted by Crippen LogP contribution is -2.34. The number of hydrogen-bond acceptors (Lipinski definition) is 4. The molecule has 0 bridgehead atoms. The van der Waals surface area contributed by atoms with Crippen molar-refractivity contribution in [2.24, 2.45) is 0 Å². The average Bonchev–Trinajstić information content (AvgIpc) is 2.47. The Balaban J connectivity index is 2.30. The molecule has 1 aliphatic heterocycles. The van der Waals surface area contributed by atoms with E-state index in [0.29, 0.717) is 11.5 Å². The van der Waals surface area contributed by atoms with Crippen molar-refractivity contribution in [3.63, 3.8) is 0 Å². The molecule has 5 heteroatoms. The number of phenolic OH excluding ortho intramolecular Hbond substituents is 1. The minimum absolute atomic E-state index is 0.00944. The third kappa shape index (κ3) is 2.92. The van der Waals surface area contributed by atoms with Crippen LogP contribution < -0.4 is 9.47 Å². The predicted octanol–water partition coefficient (Wildman–Crippen LogP) is 2.57. The second-order valence-electron chi connectivity index (χ2n) is 4.58. The SMILES string of the molecule is COc1cc(C(=S)N2CCCCC2)cc(OC)c1O. The molecule has 0 unspecified atom stereocenters. The van der Waals surface area contributed by atoms with Crippen LogP contribution in [0.3, 0.4) is 0 Å². The number of nitrogens with zero attached hydrogens (tertiary/aromatic N) is 1. The van der Waals surface area contributed by atoms with Crippen LogP contribution in [-0.4, -0.2) is 42.3 Å². The zero-order valence-electron chi connectivity index (χ0n) is 11.3. The van der Waals surface area contributed by atoms with Gasteiger partial charge >= 0.3 is 0 Å². The number of phenols is 1. The number of thiocarbonyl (C=S) groups is 1. The smallest absolute Gasteiger partial charge is 0.200 e. The monoisotopic (exact) mass is 281 g/mol. The maximum absolute atomic E-state index is 9.90. The van der Waals surface area contributed by atoms with Crippen LogP contribution in [0.1, 0.15) is 24.8 Å². The van der Waals surface area contributed by atoms with Crippen LogP contribution in [0.2, 0.25) is 0 Å². The molecule has 0 aromatic heterocycles. The summed E-state index contributed by atoms with van der Waals surface area (Å²) in [5.41, 5.74) is 0.850. The highest BCUT2D eigenvalue weighted by atomic mass is 32.1. The predicted molar refractivity (Wildman–Crippen MR) is 78.3 cm³/mol. The van der Waals surface area contributed by atoms with E-state index in [1.807, 2.05) is 0 Å². The van der Waals surface area contributed by atoms with E-state index in [1.54, 1.807) is 12.1 Å². The van der Waals surface area contributed by atoms with Crippen LogP contribution in [0.15, 0.2) is 12.1 Å². The van der Waals surface area contributed by atoms with Crippen molar-refractivity contribution in [2.75, 3.05) is 27.3 Å². The third-order valence-electron chi connectivity index (χ3n) is 3.37. The first-order chi connectivity index (χ1) is 9.17. The Kier molecular flexibility index (Phi) is 4.47. The summed E-state index contributed by atoms with van der Waals surface area (Å²) in [7, 11) is 3.03. The van der Waals surface area contributed by atoms with Gasteiger partial charge in [0.25, 0.3) is 0 Å². The number of benzene rings is 1. The zero-order valence-corrected chi connectivity index (χ0v) is 12.1. The van der Waals surface area contributed by atoms with Gasteiger partial charge in [0.1, 0.15) is 4.99 Å². The third-order valence-corrected chi connectivity index (χ3v) is 3.86. The Labute approximate surface area is 118 Å². The summed E-state index contributed by atoms with van der Waals surface area (Å²) < 4.78 is 10.3. The zero-order chi connectivity index (χ0) is 13.8. The minimum atomic E-state index is 0.00944. The van der Waals surface area contributed by atoms with Crippen LogP contribution in [0.5, 0.6) is 17.2 Å². The molecule has 1 aliphatic rings. The van der Waals surface area contributed by atoms with E-state index in [1.165, 1.54) is 33.5 Å². The summed E-state index contributed by atoms with van der Waals surface area (Å²) in [5.74, 6) is 0.776. The molecule has 104 valence electrons. The van der Waals surface area contributed by atoms with Crippen molar-refractivity contribution in [2.45, 2.75) is 19.3 Å². The largest absolute Gasteiger partial charge is 0.502 e. The van der Waals surface area contributed by atoms with Crippen LogP contribution >= 0.6 is 12.2 Å². The molecule has 19 heavy (non-hydrogen) atoms. The van der Waals surface area contributed by atoms with Gasteiger partial charge in [0, 0.05) is 18.7 Å². The van der Waals surface area contributed by atoms with Crippen LogP contribution in [0.25, 0.3) is 0 Å². The lowest BCUT2D eigenvalue weighted by molar-refractivity contribution is 0.337. The van der Waals surface area contributed by atoms with Crippen molar-refractivity contribution in [1.29, 1.82) is 0 Å². The fraction of sp³-hybridized carbons (Fsp3) is 0.500. The molecule has 1 aromatic carbocycles. The van der Waals surface area contributed by atoms with Gasteiger partial charge in [-0.25, -0.2) is 0 Å². The molecule has 0 spiro atoms. The number of aromatic hydroxyl groups is 1. The van der Waals surface area contributed by atoms with Crippen LogP contribution in [0.4, 0.5) is 0 Å². The quantitative estimate of drug-likeness (QED) is 0.863. The van der Waals surface area contributed by atoms with E-state index >= 15 is 0 Å². The van der Waals surface area contributed by atoms with Gasteiger partial charge in [-0.15, -0.1) is 0 Å². The number of hydrogen-bond donors (Lipinski definition) is 1. The van der Waals surface area contributed by atoms with Gasteiger partial charge in [-0.2, -0.15) is 0 Å². The summed E-state index contributed by atoms with van der Waals surface area (Å²) in [4.78, 5) is 2.99. The highest BCUT2D eigenvalue weighted by Gasteiger charge is 2.18. The molecule has 4 nitrogen and oxygen atoms in total. The van der Waals surface area contributed by atoms with E-state index in [-0.39, 0.29) is 5.75 Å². The first kappa shape index (κ1) is 13.9. The molecule has 1 fully saturated rings. The first-order valence-electron chi connectivity index (χ1n) is 6.41. The average molecular weight is 281 g/mol. The van der Waals surface area contributed by atoms with Crippen molar-refractivity contribution in [3.8, 4) is 17.2 Å². The van der Waals surface area contributed by atoms with Crippen LogP contribution in [-0.2, 0) is 0 Å². The van der Waals surface area contributed by atoms with E-state index < -0.39 is 0 Å². The van der Waals surface area contributed by atoms with Gasteiger partial charge in [0.2, 0.25) is 5.75 Å². The van der Waals surface area contributed by atoms with Gasteiger partial charge in [-0.1, -0.05) is 12.2 Å². The maximum Gasteiger partial charge on any atom is 0.200 e. The van der Waals surface area contributed by atoms with E-state index in [2.05, 4.69) is 4.90 Å². The lowest BCUT2D eigenvalue weighted by atomic mass is 10.1. The molecule has 0 atom stereocenters. The Morgan fingerprint density at radius 1 is 1.11 bits per heavy atom. The van der Waals surface area contributed by atoms with E-state index in [9.17, 15) is 5.11 Å². The molecule has 1 aromatic rings. The van der Waals surface area contributed by atoms with Crippen LogP contribution in [0, 0.1) is 0 Å². The standard InChI is InChI=1S/C14H19NO3S/c1-17-11-8-10(9-12(18-2)13(11)16)14(19)15-6-4-3-5-7-15/h8-9,16H,3-7H2,1-2H3. The summed E-state index contributed by atoms with van der Waals surface area (Å²) in [6.45, 7) is 1.98. The maximum atomic E-state index is 9.90. The van der Waals surface area contributed by atoms with Gasteiger partial charge in [0.15, 0.2) is 11.5 Å². The van der Waals surface area contributed by atoms with Gasteiger partial charge in [-0.3, -0.25) is 0 Å². The van der Waals surface area contributed by atoms with Gasteiger partial charge in [0.05, 0.1) is 14.2 Å². The van der Waals surface area contributed by atoms with Crippen molar-refractivity contribution in [3.05, 3.63) is 17.7 Å². The number of methoxy groups -OCH3 is 2. The fourth-order valence-corrected chi connectivity index (χ4v) is 2.60.